The van der Waals surface area contributed by atoms with E-state index in [1.165, 1.54) is 0 Å². The highest BCUT2D eigenvalue weighted by molar-refractivity contribution is 7.34. The molecule has 1 fully saturated rings. The van der Waals surface area contributed by atoms with Crippen molar-refractivity contribution >= 4 is 8.25 Å². The highest BCUT2D eigenvalue weighted by Crippen LogP contribution is 2.41. The van der Waals surface area contributed by atoms with E-state index in [9.17, 15) is 4.57 Å². The Balaban J connectivity index is 2.06. The molecule has 0 aromatic carbocycles. The molecule has 0 aromatic heterocycles. The molecule has 0 amide bonds. The number of hydrogen-bond donors (Lipinski definition) is 0. The SMILES string of the molecule is CCCC1O[P+](=O)O1. The van der Waals surface area contributed by atoms with Gasteiger partial charge in [0.15, 0.2) is 0 Å². The molecule has 0 bridgehead atoms. The van der Waals surface area contributed by atoms with E-state index < -0.39 is 8.25 Å². The van der Waals surface area contributed by atoms with Crippen LogP contribution in [0.3, 0.4) is 0 Å². The molecule has 0 N–H and O–H groups in total. The van der Waals surface area contributed by atoms with Crippen LogP contribution < -0.4 is 0 Å². The predicted octanol–water partition coefficient (Wildman–Crippen LogP) is 1.82. The normalized spacial score (nSPS) is 32.1. The molecule has 1 rings (SSSR count). The molecule has 0 aliphatic carbocycles. The van der Waals surface area contributed by atoms with Crippen LogP contribution in [0, 0.1) is 0 Å². The van der Waals surface area contributed by atoms with Crippen molar-refractivity contribution in [2.24, 2.45) is 0 Å². The Morgan fingerprint density at radius 3 is 2.62 bits per heavy atom. The zero-order chi connectivity index (χ0) is 5.98. The van der Waals surface area contributed by atoms with Gasteiger partial charge in [0.1, 0.15) is 0 Å². The molecule has 1 aliphatic heterocycles. The Hall–Kier alpha value is 0.0200. The first-order valence-electron chi connectivity index (χ1n) is 2.63. The van der Waals surface area contributed by atoms with Gasteiger partial charge in [-0.1, -0.05) is 22.4 Å². The fraction of sp³-hybridized carbons (Fsp3) is 1.00. The van der Waals surface area contributed by atoms with Gasteiger partial charge in [-0.3, -0.25) is 0 Å². The summed E-state index contributed by atoms with van der Waals surface area (Å²) in [6, 6.07) is 0. The molecule has 3 nitrogen and oxygen atoms in total. The fourth-order valence-electron chi connectivity index (χ4n) is 0.541. The first-order valence-corrected chi connectivity index (χ1v) is 3.73. The van der Waals surface area contributed by atoms with Crippen LogP contribution in [0.4, 0.5) is 0 Å². The van der Waals surface area contributed by atoms with Crippen molar-refractivity contribution in [3.8, 4) is 0 Å². The van der Waals surface area contributed by atoms with E-state index in [0.29, 0.717) is 0 Å². The van der Waals surface area contributed by atoms with E-state index in [1.54, 1.807) is 0 Å². The molecular formula is C4H8O3P+. The standard InChI is InChI=1S/C4H8O3P/c1-2-3-4-6-8(5)7-4/h4H,2-3H2,1H3/q+1. The molecule has 0 unspecified atom stereocenters. The van der Waals surface area contributed by atoms with Gasteiger partial charge in [0.2, 0.25) is 0 Å². The minimum Gasteiger partial charge on any atom is -0.0816 e. The Labute approximate surface area is 48.9 Å². The van der Waals surface area contributed by atoms with Crippen molar-refractivity contribution in [1.82, 2.24) is 0 Å². The molecule has 0 atom stereocenters. The molecule has 8 heavy (non-hydrogen) atoms. The molecule has 0 saturated carbocycles. The Kier molecular flexibility index (Phi) is 1.95. The maximum absolute atomic E-state index is 10.1. The summed E-state index contributed by atoms with van der Waals surface area (Å²) in [5.74, 6) is 0. The molecule has 0 spiro atoms. The van der Waals surface area contributed by atoms with Gasteiger partial charge >= 0.3 is 8.25 Å². The first-order chi connectivity index (χ1) is 3.83. The third-order valence-electron chi connectivity index (χ3n) is 0.932. The van der Waals surface area contributed by atoms with Gasteiger partial charge < -0.3 is 0 Å². The lowest BCUT2D eigenvalue weighted by atomic mass is 10.3. The lowest BCUT2D eigenvalue weighted by Crippen LogP contribution is -2.18. The molecule has 46 valence electrons. The van der Waals surface area contributed by atoms with Crippen LogP contribution in [-0.4, -0.2) is 6.29 Å². The smallest absolute Gasteiger partial charge is 0.0816 e. The Morgan fingerprint density at radius 1 is 1.62 bits per heavy atom. The van der Waals surface area contributed by atoms with Gasteiger partial charge in [-0.15, -0.1) is 0 Å². The Bertz CT molecular complexity index is 95.5. The molecular weight excluding hydrogens is 127 g/mol. The minimum atomic E-state index is -1.72. The minimum absolute atomic E-state index is 0.177. The van der Waals surface area contributed by atoms with Crippen LogP contribution in [0.25, 0.3) is 0 Å². The average molecular weight is 135 g/mol. The van der Waals surface area contributed by atoms with Crippen molar-refractivity contribution in [2.75, 3.05) is 0 Å². The van der Waals surface area contributed by atoms with E-state index in [4.69, 9.17) is 0 Å². The molecule has 0 aromatic rings. The van der Waals surface area contributed by atoms with Crippen LogP contribution >= 0.6 is 8.25 Å². The zero-order valence-electron chi connectivity index (χ0n) is 4.66. The average Bonchev–Trinajstić information content (AvgIpc) is 1.64. The summed E-state index contributed by atoms with van der Waals surface area (Å²) in [4.78, 5) is 0. The van der Waals surface area contributed by atoms with Crippen LogP contribution in [0.15, 0.2) is 0 Å². The van der Waals surface area contributed by atoms with E-state index in [2.05, 4.69) is 9.05 Å². The second-order valence-corrected chi connectivity index (χ2v) is 2.52. The van der Waals surface area contributed by atoms with Crippen LogP contribution in [0.2, 0.25) is 0 Å². The van der Waals surface area contributed by atoms with Gasteiger partial charge in [0.05, 0.1) is 0 Å². The van der Waals surface area contributed by atoms with E-state index >= 15 is 0 Å². The summed E-state index contributed by atoms with van der Waals surface area (Å²) >= 11 is 0. The van der Waals surface area contributed by atoms with Crippen molar-refractivity contribution < 1.29 is 13.6 Å². The summed E-state index contributed by atoms with van der Waals surface area (Å²) in [5.41, 5.74) is 0. The maximum atomic E-state index is 10.1. The van der Waals surface area contributed by atoms with Crippen molar-refractivity contribution in [1.29, 1.82) is 0 Å². The third kappa shape index (κ3) is 1.25. The van der Waals surface area contributed by atoms with Crippen LogP contribution in [0.5, 0.6) is 0 Å². The van der Waals surface area contributed by atoms with Gasteiger partial charge in [-0.25, -0.2) is 0 Å². The molecule has 1 heterocycles. The highest BCUT2D eigenvalue weighted by Gasteiger charge is 2.44. The predicted molar refractivity (Wildman–Crippen MR) is 28.5 cm³/mol. The van der Waals surface area contributed by atoms with Crippen molar-refractivity contribution in [3.05, 3.63) is 0 Å². The summed E-state index contributed by atoms with van der Waals surface area (Å²) in [6.07, 6.45) is 1.68. The highest BCUT2D eigenvalue weighted by atomic mass is 31.1. The quantitative estimate of drug-likeness (QED) is 0.541. The van der Waals surface area contributed by atoms with Gasteiger partial charge in [0.25, 0.3) is 6.29 Å². The topological polar surface area (TPSA) is 35.5 Å². The van der Waals surface area contributed by atoms with E-state index in [1.807, 2.05) is 6.92 Å². The first kappa shape index (κ1) is 6.14. The Morgan fingerprint density at radius 2 is 2.25 bits per heavy atom. The summed E-state index contributed by atoms with van der Waals surface area (Å²) < 4.78 is 19.4. The zero-order valence-corrected chi connectivity index (χ0v) is 5.56. The van der Waals surface area contributed by atoms with Crippen molar-refractivity contribution in [2.45, 2.75) is 26.1 Å². The maximum Gasteiger partial charge on any atom is 0.703 e. The summed E-state index contributed by atoms with van der Waals surface area (Å²) in [7, 11) is -1.72. The number of rotatable bonds is 2. The van der Waals surface area contributed by atoms with Gasteiger partial charge in [0, 0.05) is 11.0 Å². The molecule has 0 radical (unpaired) electrons. The van der Waals surface area contributed by atoms with E-state index in [-0.39, 0.29) is 6.29 Å². The number of hydrogen-bond acceptors (Lipinski definition) is 3. The monoisotopic (exact) mass is 135 g/mol. The van der Waals surface area contributed by atoms with Gasteiger partial charge in [-0.2, -0.15) is 0 Å². The molecule has 4 heteroatoms. The second kappa shape index (κ2) is 2.53. The third-order valence-corrected chi connectivity index (χ3v) is 1.75. The molecule has 1 aliphatic rings. The largest absolute Gasteiger partial charge is 0.703 e. The fourth-order valence-corrected chi connectivity index (χ4v) is 1.15. The lowest BCUT2D eigenvalue weighted by Gasteiger charge is -2.08. The lowest BCUT2D eigenvalue weighted by molar-refractivity contribution is -0.0814. The van der Waals surface area contributed by atoms with E-state index in [0.717, 1.165) is 12.8 Å². The summed E-state index contributed by atoms with van der Waals surface area (Å²) in [6.45, 7) is 2.03. The van der Waals surface area contributed by atoms with Crippen LogP contribution in [-0.2, 0) is 13.6 Å². The summed E-state index contributed by atoms with van der Waals surface area (Å²) in [5, 5.41) is 0. The van der Waals surface area contributed by atoms with Gasteiger partial charge in [-0.05, 0) is 0 Å². The van der Waals surface area contributed by atoms with Crippen molar-refractivity contribution in [3.63, 3.8) is 0 Å². The van der Waals surface area contributed by atoms with Crippen LogP contribution in [0.1, 0.15) is 19.8 Å². The molecule has 1 saturated heterocycles. The second-order valence-electron chi connectivity index (χ2n) is 1.65.